The largest absolute Gasteiger partial charge is 0.458 e. The van der Waals surface area contributed by atoms with Crippen LogP contribution in [0.4, 0.5) is 4.79 Å². The molecule has 1 amide bonds. The number of rotatable bonds is 7. The van der Waals surface area contributed by atoms with E-state index < -0.39 is 29.8 Å². The van der Waals surface area contributed by atoms with Crippen LogP contribution in [0.3, 0.4) is 0 Å². The van der Waals surface area contributed by atoms with Crippen molar-refractivity contribution in [2.24, 2.45) is 5.92 Å². The number of hydrogen-bond acceptors (Lipinski definition) is 5. The first kappa shape index (κ1) is 27.6. The van der Waals surface area contributed by atoms with Crippen LogP contribution in [-0.4, -0.2) is 35.9 Å². The zero-order valence-electron chi connectivity index (χ0n) is 21.5. The number of cyclic esters (lactones) is 1. The Morgan fingerprint density at radius 2 is 1.88 bits per heavy atom. The minimum absolute atomic E-state index is 0.161. The molecule has 188 valence electrons. The van der Waals surface area contributed by atoms with E-state index in [1.165, 1.54) is 5.57 Å². The normalized spacial score (nSPS) is 24.6. The van der Waals surface area contributed by atoms with Gasteiger partial charge in [0.2, 0.25) is 0 Å². The Kier molecular flexibility index (Phi) is 10.8. The summed E-state index contributed by atoms with van der Waals surface area (Å²) in [5.41, 5.74) is 1.66. The third-order valence-corrected chi connectivity index (χ3v) is 5.81. The van der Waals surface area contributed by atoms with Gasteiger partial charge < -0.3 is 19.5 Å². The quantitative estimate of drug-likeness (QED) is 0.384. The summed E-state index contributed by atoms with van der Waals surface area (Å²) in [4.78, 5) is 25.3. The molecule has 2 rings (SSSR count). The summed E-state index contributed by atoms with van der Waals surface area (Å²) in [6.45, 7) is 11.7. The van der Waals surface area contributed by atoms with E-state index in [0.29, 0.717) is 13.0 Å². The lowest BCUT2D eigenvalue weighted by Gasteiger charge is -2.31. The molecule has 0 bridgehead atoms. The molecule has 0 radical (unpaired) electrons. The maximum atomic E-state index is 13.0. The first-order chi connectivity index (χ1) is 16.1. The standard InChI is InChI=1S/C28H41NO5/c1-7-13-21(8-2)18-23-16-12-17-24(29-27(31)34-28(4,5)6)26(30)33-20(3)25(23)32-19-22-14-10-9-11-15-22/h7-11,13-15,20,23-25H,12,16-19H2,1-6H3,(H,29,31)/b13-7-,21-8+/t20-,23+,24-,25-/m0/s1. The van der Waals surface area contributed by atoms with Crippen LogP contribution in [0, 0.1) is 5.92 Å². The van der Waals surface area contributed by atoms with Gasteiger partial charge in [0.05, 0.1) is 12.7 Å². The summed E-state index contributed by atoms with van der Waals surface area (Å²) in [7, 11) is 0. The van der Waals surface area contributed by atoms with Crippen molar-refractivity contribution >= 4 is 12.1 Å². The zero-order valence-corrected chi connectivity index (χ0v) is 21.5. The molecule has 6 heteroatoms. The number of carbonyl (C=O) groups is 2. The summed E-state index contributed by atoms with van der Waals surface area (Å²) in [6, 6.07) is 9.25. The Morgan fingerprint density at radius 3 is 2.50 bits per heavy atom. The molecule has 0 aromatic heterocycles. The average molecular weight is 472 g/mol. The minimum atomic E-state index is -0.748. The third kappa shape index (κ3) is 9.34. The van der Waals surface area contributed by atoms with E-state index >= 15 is 0 Å². The molecule has 0 aliphatic carbocycles. The fraction of sp³-hybridized carbons (Fsp3) is 0.571. The monoisotopic (exact) mass is 471 g/mol. The lowest BCUT2D eigenvalue weighted by Crippen LogP contribution is -2.46. The molecular weight excluding hydrogens is 430 g/mol. The number of hydrogen-bond donors (Lipinski definition) is 1. The Morgan fingerprint density at radius 1 is 1.18 bits per heavy atom. The lowest BCUT2D eigenvalue weighted by atomic mass is 9.86. The van der Waals surface area contributed by atoms with E-state index in [1.807, 2.05) is 57.2 Å². The highest BCUT2D eigenvalue weighted by atomic mass is 16.6. The molecule has 6 nitrogen and oxygen atoms in total. The van der Waals surface area contributed by atoms with Gasteiger partial charge in [0, 0.05) is 0 Å². The summed E-state index contributed by atoms with van der Waals surface area (Å²) in [5.74, 6) is -0.291. The summed E-state index contributed by atoms with van der Waals surface area (Å²) < 4.78 is 17.6. The van der Waals surface area contributed by atoms with Crippen LogP contribution in [0.2, 0.25) is 0 Å². The van der Waals surface area contributed by atoms with Crippen LogP contribution in [0.25, 0.3) is 0 Å². The van der Waals surface area contributed by atoms with Crippen LogP contribution >= 0.6 is 0 Å². The van der Waals surface area contributed by atoms with Crippen LogP contribution < -0.4 is 5.32 Å². The van der Waals surface area contributed by atoms with Gasteiger partial charge in [0.15, 0.2) is 0 Å². The second-order valence-electron chi connectivity index (χ2n) is 9.86. The van der Waals surface area contributed by atoms with Crippen molar-refractivity contribution in [3.05, 3.63) is 59.7 Å². The van der Waals surface area contributed by atoms with Crippen LogP contribution in [0.15, 0.2) is 54.1 Å². The van der Waals surface area contributed by atoms with Gasteiger partial charge in [0.25, 0.3) is 0 Å². The van der Waals surface area contributed by atoms with Gasteiger partial charge in [-0.3, -0.25) is 0 Å². The van der Waals surface area contributed by atoms with Gasteiger partial charge >= 0.3 is 12.1 Å². The molecule has 1 aliphatic rings. The van der Waals surface area contributed by atoms with Gasteiger partial charge in [-0.2, -0.15) is 0 Å². The van der Waals surface area contributed by atoms with Crippen LogP contribution in [0.1, 0.15) is 72.8 Å². The summed E-state index contributed by atoms with van der Waals surface area (Å²) >= 11 is 0. The molecule has 4 atom stereocenters. The Hall–Kier alpha value is -2.60. The van der Waals surface area contributed by atoms with E-state index in [2.05, 4.69) is 17.5 Å². The Balaban J connectivity index is 2.21. The maximum Gasteiger partial charge on any atom is 0.408 e. The van der Waals surface area contributed by atoms with Gasteiger partial charge in [-0.05, 0) is 72.3 Å². The molecule has 1 aromatic rings. The van der Waals surface area contributed by atoms with E-state index in [0.717, 1.165) is 24.8 Å². The molecule has 0 unspecified atom stereocenters. The van der Waals surface area contributed by atoms with Gasteiger partial charge in [-0.15, -0.1) is 0 Å². The number of alkyl carbamates (subject to hydrolysis) is 1. The number of ether oxygens (including phenoxy) is 3. The van der Waals surface area contributed by atoms with Crippen LogP contribution in [0.5, 0.6) is 0 Å². The smallest absolute Gasteiger partial charge is 0.408 e. The van der Waals surface area contributed by atoms with Gasteiger partial charge in [-0.25, -0.2) is 9.59 Å². The average Bonchev–Trinajstić information content (AvgIpc) is 2.81. The first-order valence-electron chi connectivity index (χ1n) is 12.3. The third-order valence-electron chi connectivity index (χ3n) is 5.81. The summed E-state index contributed by atoms with van der Waals surface area (Å²) in [5, 5.41) is 2.70. The molecule has 1 heterocycles. The Labute approximate surface area is 204 Å². The van der Waals surface area contributed by atoms with E-state index in [-0.39, 0.29) is 12.0 Å². The van der Waals surface area contributed by atoms with Crippen molar-refractivity contribution in [1.29, 1.82) is 0 Å². The number of amides is 1. The number of esters is 1. The topological polar surface area (TPSA) is 73.9 Å². The number of allylic oxidation sites excluding steroid dienone is 4. The van der Waals surface area contributed by atoms with E-state index in [1.54, 1.807) is 20.8 Å². The minimum Gasteiger partial charge on any atom is -0.458 e. The molecule has 0 saturated carbocycles. The fourth-order valence-electron chi connectivity index (χ4n) is 4.22. The fourth-order valence-corrected chi connectivity index (χ4v) is 4.22. The van der Waals surface area contributed by atoms with Crippen molar-refractivity contribution in [3.63, 3.8) is 0 Å². The maximum absolute atomic E-state index is 13.0. The predicted octanol–water partition coefficient (Wildman–Crippen LogP) is 6.11. The van der Waals surface area contributed by atoms with Gasteiger partial charge in [0.1, 0.15) is 17.7 Å². The molecule has 1 fully saturated rings. The van der Waals surface area contributed by atoms with Gasteiger partial charge in [-0.1, -0.05) is 60.6 Å². The highest BCUT2D eigenvalue weighted by Crippen LogP contribution is 2.30. The Bertz CT molecular complexity index is 840. The van der Waals surface area contributed by atoms with E-state index in [4.69, 9.17) is 14.2 Å². The number of nitrogens with one attached hydrogen (secondary N) is 1. The molecule has 1 aromatic carbocycles. The van der Waals surface area contributed by atoms with Crippen molar-refractivity contribution in [2.75, 3.05) is 0 Å². The van der Waals surface area contributed by atoms with Crippen molar-refractivity contribution in [2.45, 2.75) is 97.7 Å². The predicted molar refractivity (Wildman–Crippen MR) is 134 cm³/mol. The van der Waals surface area contributed by atoms with Crippen molar-refractivity contribution < 1.29 is 23.8 Å². The van der Waals surface area contributed by atoms with E-state index in [9.17, 15) is 9.59 Å². The molecule has 0 spiro atoms. The molecule has 34 heavy (non-hydrogen) atoms. The molecule has 1 N–H and O–H groups in total. The molecule has 1 aliphatic heterocycles. The molecular formula is C28H41NO5. The van der Waals surface area contributed by atoms with Crippen molar-refractivity contribution in [1.82, 2.24) is 5.32 Å². The number of benzene rings is 1. The SMILES string of the molecule is C/C=C\C(=C/C)C[C@H]1CCC[C@H](NC(=O)OC(C)(C)C)C(=O)O[C@@H](C)[C@@H]1OCc1ccccc1. The second kappa shape index (κ2) is 13.3. The highest BCUT2D eigenvalue weighted by molar-refractivity contribution is 5.81. The number of carbonyl (C=O) groups excluding carboxylic acids is 2. The first-order valence-corrected chi connectivity index (χ1v) is 12.3. The lowest BCUT2D eigenvalue weighted by molar-refractivity contribution is -0.161. The van der Waals surface area contributed by atoms with Crippen molar-refractivity contribution in [3.8, 4) is 0 Å². The summed E-state index contributed by atoms with van der Waals surface area (Å²) in [6.07, 6.45) is 7.83. The second-order valence-corrected chi connectivity index (χ2v) is 9.86. The van der Waals surface area contributed by atoms with Crippen LogP contribution in [-0.2, 0) is 25.6 Å². The molecule has 1 saturated heterocycles. The highest BCUT2D eigenvalue weighted by Gasteiger charge is 2.35. The zero-order chi connectivity index (χ0) is 25.1.